The van der Waals surface area contributed by atoms with Gasteiger partial charge in [-0.1, -0.05) is 17.3 Å². The molecule has 0 aliphatic rings. The number of non-ortho nitro benzene ring substituents is 1. The Kier molecular flexibility index (Phi) is 4.24. The molecule has 0 aliphatic heterocycles. The van der Waals surface area contributed by atoms with Gasteiger partial charge in [0.05, 0.1) is 18.0 Å². The van der Waals surface area contributed by atoms with Crippen LogP contribution in [0.3, 0.4) is 0 Å². The van der Waals surface area contributed by atoms with E-state index < -0.39 is 4.92 Å². The Bertz CT molecular complexity index is 841. The van der Waals surface area contributed by atoms with Crippen molar-refractivity contribution in [2.24, 2.45) is 0 Å². The summed E-state index contributed by atoms with van der Waals surface area (Å²) >= 11 is 0. The largest absolute Gasteiger partial charge is 0.497 e. The predicted molar refractivity (Wildman–Crippen MR) is 86.9 cm³/mol. The SMILES string of the molecule is COc1ccc(-c2noc([C@H](C)c3ccc([N+](=O)[O-])cc3)n2)cc1. The van der Waals surface area contributed by atoms with Gasteiger partial charge in [0.1, 0.15) is 5.75 Å². The average molecular weight is 325 g/mol. The lowest BCUT2D eigenvalue weighted by Crippen LogP contribution is -1.97. The normalized spacial score (nSPS) is 11.9. The minimum Gasteiger partial charge on any atom is -0.497 e. The molecular weight excluding hydrogens is 310 g/mol. The smallest absolute Gasteiger partial charge is 0.269 e. The second-order valence-corrected chi connectivity index (χ2v) is 5.26. The van der Waals surface area contributed by atoms with Crippen LogP contribution in [0, 0.1) is 10.1 Å². The first-order valence-corrected chi connectivity index (χ1v) is 7.31. The number of hydrogen-bond acceptors (Lipinski definition) is 6. The van der Waals surface area contributed by atoms with Gasteiger partial charge in [-0.15, -0.1) is 0 Å². The van der Waals surface area contributed by atoms with Gasteiger partial charge in [0.25, 0.3) is 5.69 Å². The highest BCUT2D eigenvalue weighted by atomic mass is 16.6. The number of hydrogen-bond donors (Lipinski definition) is 0. The van der Waals surface area contributed by atoms with E-state index in [1.807, 2.05) is 31.2 Å². The summed E-state index contributed by atoms with van der Waals surface area (Å²) in [6.45, 7) is 1.91. The molecule has 122 valence electrons. The van der Waals surface area contributed by atoms with E-state index >= 15 is 0 Å². The van der Waals surface area contributed by atoms with Crippen molar-refractivity contribution in [3.05, 3.63) is 70.1 Å². The Morgan fingerprint density at radius 1 is 1.12 bits per heavy atom. The van der Waals surface area contributed by atoms with Gasteiger partial charge in [-0.25, -0.2) is 0 Å². The number of methoxy groups -OCH3 is 1. The van der Waals surface area contributed by atoms with Crippen LogP contribution in [0.5, 0.6) is 5.75 Å². The summed E-state index contributed by atoms with van der Waals surface area (Å²) in [5.41, 5.74) is 1.74. The van der Waals surface area contributed by atoms with Crippen LogP contribution in [-0.4, -0.2) is 22.2 Å². The first-order chi connectivity index (χ1) is 11.6. The highest BCUT2D eigenvalue weighted by Crippen LogP contribution is 2.27. The van der Waals surface area contributed by atoms with Crippen molar-refractivity contribution in [3.63, 3.8) is 0 Å². The molecule has 0 radical (unpaired) electrons. The minimum absolute atomic E-state index is 0.0513. The molecule has 0 bridgehead atoms. The first-order valence-electron chi connectivity index (χ1n) is 7.31. The molecule has 0 unspecified atom stereocenters. The van der Waals surface area contributed by atoms with Gasteiger partial charge in [-0.2, -0.15) is 4.98 Å². The van der Waals surface area contributed by atoms with Crippen molar-refractivity contribution < 1.29 is 14.2 Å². The minimum atomic E-state index is -0.428. The van der Waals surface area contributed by atoms with Crippen LogP contribution in [0.15, 0.2) is 53.1 Å². The second kappa shape index (κ2) is 6.49. The standard InChI is InChI=1S/C17H15N3O4/c1-11(12-3-7-14(8-4-12)20(21)22)17-18-16(19-24-17)13-5-9-15(23-2)10-6-13/h3-11H,1-2H3/t11-/m1/s1. The molecule has 2 aromatic carbocycles. The Hall–Kier alpha value is -3.22. The van der Waals surface area contributed by atoms with Crippen LogP contribution in [0.4, 0.5) is 5.69 Å². The number of nitrogens with zero attached hydrogens (tertiary/aromatic N) is 3. The van der Waals surface area contributed by atoms with E-state index in [9.17, 15) is 10.1 Å². The average Bonchev–Trinajstić information content (AvgIpc) is 3.11. The zero-order valence-electron chi connectivity index (χ0n) is 13.2. The molecule has 24 heavy (non-hydrogen) atoms. The fourth-order valence-corrected chi connectivity index (χ4v) is 2.30. The van der Waals surface area contributed by atoms with Crippen LogP contribution < -0.4 is 4.74 Å². The molecule has 1 aromatic heterocycles. The molecule has 0 fully saturated rings. The molecule has 1 atom stereocenters. The maximum atomic E-state index is 10.7. The van der Waals surface area contributed by atoms with Crippen molar-refractivity contribution in [2.75, 3.05) is 7.11 Å². The van der Waals surface area contributed by atoms with Gasteiger partial charge in [0, 0.05) is 17.7 Å². The number of ether oxygens (including phenoxy) is 1. The lowest BCUT2D eigenvalue weighted by molar-refractivity contribution is -0.384. The molecule has 3 rings (SSSR count). The van der Waals surface area contributed by atoms with Gasteiger partial charge in [0.2, 0.25) is 11.7 Å². The highest BCUT2D eigenvalue weighted by Gasteiger charge is 2.18. The molecule has 3 aromatic rings. The number of aromatic nitrogens is 2. The maximum Gasteiger partial charge on any atom is 0.269 e. The predicted octanol–water partition coefficient (Wildman–Crippen LogP) is 3.81. The van der Waals surface area contributed by atoms with E-state index in [1.54, 1.807) is 19.2 Å². The molecule has 1 heterocycles. The van der Waals surface area contributed by atoms with Crippen LogP contribution in [0.1, 0.15) is 24.3 Å². The Balaban J connectivity index is 1.82. The third kappa shape index (κ3) is 3.10. The Morgan fingerprint density at radius 3 is 2.38 bits per heavy atom. The Morgan fingerprint density at radius 2 is 1.79 bits per heavy atom. The summed E-state index contributed by atoms with van der Waals surface area (Å²) in [4.78, 5) is 14.7. The third-order valence-electron chi connectivity index (χ3n) is 3.76. The molecular formula is C17H15N3O4. The quantitative estimate of drug-likeness (QED) is 0.523. The van der Waals surface area contributed by atoms with Crippen LogP contribution >= 0.6 is 0 Å². The maximum absolute atomic E-state index is 10.7. The summed E-state index contributed by atoms with van der Waals surface area (Å²) in [5, 5.41) is 14.7. The van der Waals surface area contributed by atoms with Crippen molar-refractivity contribution in [1.29, 1.82) is 0 Å². The molecule has 0 N–H and O–H groups in total. The van der Waals surface area contributed by atoms with Gasteiger partial charge in [-0.3, -0.25) is 10.1 Å². The topological polar surface area (TPSA) is 91.3 Å². The lowest BCUT2D eigenvalue weighted by Gasteiger charge is -2.05. The van der Waals surface area contributed by atoms with Gasteiger partial charge in [0.15, 0.2) is 0 Å². The highest BCUT2D eigenvalue weighted by molar-refractivity contribution is 5.55. The summed E-state index contributed by atoms with van der Waals surface area (Å²) in [6, 6.07) is 13.7. The molecule has 0 amide bonds. The van der Waals surface area contributed by atoms with E-state index in [1.165, 1.54) is 12.1 Å². The van der Waals surface area contributed by atoms with E-state index in [0.717, 1.165) is 16.9 Å². The number of nitro benzene ring substituents is 1. The molecule has 0 spiro atoms. The molecule has 7 heteroatoms. The van der Waals surface area contributed by atoms with E-state index in [-0.39, 0.29) is 11.6 Å². The first kappa shape index (κ1) is 15.7. The van der Waals surface area contributed by atoms with Gasteiger partial charge in [-0.05, 0) is 36.8 Å². The summed E-state index contributed by atoms with van der Waals surface area (Å²) in [7, 11) is 1.60. The molecule has 0 aliphatic carbocycles. The second-order valence-electron chi connectivity index (χ2n) is 5.26. The third-order valence-corrected chi connectivity index (χ3v) is 3.76. The fraction of sp³-hybridized carbons (Fsp3) is 0.176. The summed E-state index contributed by atoms with van der Waals surface area (Å²) in [6.07, 6.45) is 0. The van der Waals surface area contributed by atoms with Gasteiger partial charge < -0.3 is 9.26 Å². The molecule has 0 saturated carbocycles. The summed E-state index contributed by atoms with van der Waals surface area (Å²) < 4.78 is 10.5. The number of benzene rings is 2. The van der Waals surface area contributed by atoms with Crippen LogP contribution in [0.2, 0.25) is 0 Å². The Labute approximate surface area is 138 Å². The monoisotopic (exact) mass is 325 g/mol. The summed E-state index contributed by atoms with van der Waals surface area (Å²) in [5.74, 6) is 1.53. The van der Waals surface area contributed by atoms with Crippen LogP contribution in [-0.2, 0) is 0 Å². The van der Waals surface area contributed by atoms with Crippen molar-refractivity contribution in [1.82, 2.24) is 10.1 Å². The van der Waals surface area contributed by atoms with Gasteiger partial charge >= 0.3 is 0 Å². The molecule has 0 saturated heterocycles. The number of rotatable bonds is 5. The van der Waals surface area contributed by atoms with Crippen molar-refractivity contribution in [2.45, 2.75) is 12.8 Å². The zero-order valence-corrected chi connectivity index (χ0v) is 13.2. The number of nitro groups is 1. The zero-order chi connectivity index (χ0) is 17.1. The fourth-order valence-electron chi connectivity index (χ4n) is 2.30. The lowest BCUT2D eigenvalue weighted by atomic mass is 10.0. The van der Waals surface area contributed by atoms with E-state index in [4.69, 9.17) is 9.26 Å². The van der Waals surface area contributed by atoms with Crippen molar-refractivity contribution >= 4 is 5.69 Å². The molecule has 7 nitrogen and oxygen atoms in total. The van der Waals surface area contributed by atoms with Crippen molar-refractivity contribution in [3.8, 4) is 17.1 Å². The van der Waals surface area contributed by atoms with Crippen LogP contribution in [0.25, 0.3) is 11.4 Å². The van der Waals surface area contributed by atoms with E-state index in [2.05, 4.69) is 10.1 Å². The van der Waals surface area contributed by atoms with E-state index in [0.29, 0.717) is 11.7 Å².